The van der Waals surface area contributed by atoms with Gasteiger partial charge in [0.2, 0.25) is 5.89 Å². The molecule has 0 spiro atoms. The van der Waals surface area contributed by atoms with Gasteiger partial charge >= 0.3 is 0 Å². The van der Waals surface area contributed by atoms with E-state index in [1.54, 1.807) is 0 Å². The van der Waals surface area contributed by atoms with E-state index in [9.17, 15) is 0 Å². The Hall–Kier alpha value is -0.610. The van der Waals surface area contributed by atoms with Crippen LogP contribution in [0.25, 0.3) is 0 Å². The topological polar surface area (TPSA) is 51.0 Å². The summed E-state index contributed by atoms with van der Waals surface area (Å²) in [6.07, 6.45) is 10.4. The van der Waals surface area contributed by atoms with Crippen molar-refractivity contribution in [1.29, 1.82) is 0 Å². The summed E-state index contributed by atoms with van der Waals surface area (Å²) >= 11 is 0. The zero-order valence-corrected chi connectivity index (χ0v) is 11.5. The number of hydrogen-bond donors (Lipinski definition) is 1. The summed E-state index contributed by atoms with van der Waals surface area (Å²) in [5.41, 5.74) is 0. The zero-order valence-electron chi connectivity index (χ0n) is 10.7. The van der Waals surface area contributed by atoms with Gasteiger partial charge in [-0.25, -0.2) is 0 Å². The molecule has 0 aromatic carbocycles. The van der Waals surface area contributed by atoms with E-state index in [2.05, 4.69) is 15.5 Å². The summed E-state index contributed by atoms with van der Waals surface area (Å²) in [6, 6.07) is 0.697. The maximum Gasteiger partial charge on any atom is 0.240 e. The molecule has 1 aromatic rings. The van der Waals surface area contributed by atoms with E-state index in [1.165, 1.54) is 51.4 Å². The Bertz CT molecular complexity index is 357. The Labute approximate surface area is 114 Å². The molecule has 102 valence electrons. The van der Waals surface area contributed by atoms with Gasteiger partial charge in [0.1, 0.15) is 0 Å². The van der Waals surface area contributed by atoms with Crippen LogP contribution in [0.2, 0.25) is 0 Å². The average molecular weight is 272 g/mol. The fourth-order valence-corrected chi connectivity index (χ4v) is 2.56. The van der Waals surface area contributed by atoms with Crippen LogP contribution in [0.15, 0.2) is 4.52 Å². The fourth-order valence-electron chi connectivity index (χ4n) is 2.56. The largest absolute Gasteiger partial charge is 0.338 e. The molecule has 2 aliphatic rings. The predicted octanol–water partition coefficient (Wildman–Crippen LogP) is 3.18. The van der Waals surface area contributed by atoms with Crippen molar-refractivity contribution in [3.8, 4) is 0 Å². The second-order valence-corrected chi connectivity index (χ2v) is 5.39. The monoisotopic (exact) mass is 271 g/mol. The number of rotatable bonds is 4. The van der Waals surface area contributed by atoms with Crippen LogP contribution in [-0.4, -0.2) is 16.2 Å². The minimum atomic E-state index is 0. The van der Waals surface area contributed by atoms with Crippen LogP contribution < -0.4 is 5.32 Å². The van der Waals surface area contributed by atoms with Crippen molar-refractivity contribution in [1.82, 2.24) is 15.5 Å². The standard InChI is InChI=1S/C13H21N3O.ClH/c1-2-4-6-10(5-3-1)13-15-12(17-16-13)9-14-11-7-8-11;/h10-11,14H,1-9H2;1H. The van der Waals surface area contributed by atoms with Crippen LogP contribution in [0.3, 0.4) is 0 Å². The first-order valence-electron chi connectivity index (χ1n) is 6.97. The molecule has 18 heavy (non-hydrogen) atoms. The first-order valence-corrected chi connectivity index (χ1v) is 6.97. The maximum absolute atomic E-state index is 5.31. The van der Waals surface area contributed by atoms with Gasteiger partial charge in [0.25, 0.3) is 0 Å². The van der Waals surface area contributed by atoms with Gasteiger partial charge in [-0.05, 0) is 25.7 Å². The van der Waals surface area contributed by atoms with E-state index < -0.39 is 0 Å². The summed E-state index contributed by atoms with van der Waals surface area (Å²) in [4.78, 5) is 4.54. The number of nitrogens with zero attached hydrogens (tertiary/aromatic N) is 2. The summed E-state index contributed by atoms with van der Waals surface area (Å²) in [5.74, 6) is 2.24. The van der Waals surface area contributed by atoms with E-state index in [1.807, 2.05) is 0 Å². The molecule has 0 unspecified atom stereocenters. The lowest BCUT2D eigenvalue weighted by molar-refractivity contribution is 0.357. The van der Waals surface area contributed by atoms with E-state index in [4.69, 9.17) is 4.52 Å². The van der Waals surface area contributed by atoms with Gasteiger partial charge in [0, 0.05) is 12.0 Å². The molecule has 1 aromatic heterocycles. The van der Waals surface area contributed by atoms with E-state index in [-0.39, 0.29) is 12.4 Å². The van der Waals surface area contributed by atoms with Crippen LogP contribution in [0.5, 0.6) is 0 Å². The second-order valence-electron chi connectivity index (χ2n) is 5.39. The van der Waals surface area contributed by atoms with Crippen LogP contribution in [-0.2, 0) is 6.54 Å². The van der Waals surface area contributed by atoms with E-state index in [0.717, 1.165) is 18.3 Å². The summed E-state index contributed by atoms with van der Waals surface area (Å²) in [5, 5.41) is 7.56. The molecule has 0 atom stereocenters. The van der Waals surface area contributed by atoms with E-state index in [0.29, 0.717) is 12.0 Å². The first kappa shape index (κ1) is 13.8. The fraction of sp³-hybridized carbons (Fsp3) is 0.846. The first-order chi connectivity index (χ1) is 8.42. The Morgan fingerprint density at radius 2 is 1.78 bits per heavy atom. The van der Waals surface area contributed by atoms with Gasteiger partial charge < -0.3 is 9.84 Å². The number of aromatic nitrogens is 2. The minimum Gasteiger partial charge on any atom is -0.338 e. The average Bonchev–Trinajstić information content (AvgIpc) is 3.12. The van der Waals surface area contributed by atoms with Gasteiger partial charge in [-0.3, -0.25) is 0 Å². The van der Waals surface area contributed by atoms with Crippen LogP contribution in [0.4, 0.5) is 0 Å². The number of hydrogen-bond acceptors (Lipinski definition) is 4. The summed E-state index contributed by atoms with van der Waals surface area (Å²) in [7, 11) is 0. The predicted molar refractivity (Wildman–Crippen MR) is 71.9 cm³/mol. The van der Waals surface area contributed by atoms with Crippen molar-refractivity contribution < 1.29 is 4.52 Å². The smallest absolute Gasteiger partial charge is 0.240 e. The molecule has 2 aliphatic carbocycles. The van der Waals surface area contributed by atoms with Crippen LogP contribution in [0.1, 0.15) is 69.0 Å². The van der Waals surface area contributed by atoms with Crippen molar-refractivity contribution in [3.63, 3.8) is 0 Å². The lowest BCUT2D eigenvalue weighted by atomic mass is 10.00. The molecule has 1 heterocycles. The molecule has 5 heteroatoms. The highest BCUT2D eigenvalue weighted by atomic mass is 35.5. The molecule has 0 amide bonds. The van der Waals surface area contributed by atoms with Crippen LogP contribution >= 0.6 is 12.4 Å². The molecule has 2 fully saturated rings. The molecule has 4 nitrogen and oxygen atoms in total. The highest BCUT2D eigenvalue weighted by molar-refractivity contribution is 5.85. The van der Waals surface area contributed by atoms with Crippen molar-refractivity contribution in [2.45, 2.75) is 69.9 Å². The number of nitrogens with one attached hydrogen (secondary N) is 1. The molecular weight excluding hydrogens is 250 g/mol. The van der Waals surface area contributed by atoms with Gasteiger partial charge in [0.15, 0.2) is 5.82 Å². The maximum atomic E-state index is 5.31. The molecule has 1 N–H and O–H groups in total. The molecular formula is C13H22ClN3O. The molecule has 0 radical (unpaired) electrons. The molecule has 0 aliphatic heterocycles. The molecule has 2 saturated carbocycles. The third kappa shape index (κ3) is 3.69. The molecule has 0 saturated heterocycles. The van der Waals surface area contributed by atoms with Gasteiger partial charge in [0.05, 0.1) is 6.54 Å². The summed E-state index contributed by atoms with van der Waals surface area (Å²) < 4.78 is 5.31. The van der Waals surface area contributed by atoms with Crippen molar-refractivity contribution in [2.75, 3.05) is 0 Å². The van der Waals surface area contributed by atoms with Crippen molar-refractivity contribution in [2.24, 2.45) is 0 Å². The van der Waals surface area contributed by atoms with Gasteiger partial charge in [-0.15, -0.1) is 12.4 Å². The SMILES string of the molecule is C1CCCC(c2noc(CNC3CC3)n2)CC1.Cl. The third-order valence-electron chi connectivity index (χ3n) is 3.82. The summed E-state index contributed by atoms with van der Waals surface area (Å²) in [6.45, 7) is 0.740. The molecule has 3 rings (SSSR count). The Kier molecular flexibility index (Phi) is 5.01. The minimum absolute atomic E-state index is 0. The normalized spacial score (nSPS) is 21.3. The second kappa shape index (κ2) is 6.53. The Balaban J connectivity index is 0.00000120. The van der Waals surface area contributed by atoms with Crippen molar-refractivity contribution >= 4 is 12.4 Å². The zero-order chi connectivity index (χ0) is 11.5. The van der Waals surface area contributed by atoms with Crippen LogP contribution in [0, 0.1) is 0 Å². The quantitative estimate of drug-likeness (QED) is 0.855. The van der Waals surface area contributed by atoms with E-state index >= 15 is 0 Å². The lowest BCUT2D eigenvalue weighted by Gasteiger charge is -2.07. The number of halogens is 1. The Morgan fingerprint density at radius 1 is 1.06 bits per heavy atom. The Morgan fingerprint density at radius 3 is 2.44 bits per heavy atom. The molecule has 0 bridgehead atoms. The highest BCUT2D eigenvalue weighted by Crippen LogP contribution is 2.29. The van der Waals surface area contributed by atoms with Crippen molar-refractivity contribution in [3.05, 3.63) is 11.7 Å². The lowest BCUT2D eigenvalue weighted by Crippen LogP contribution is -2.15. The van der Waals surface area contributed by atoms with Gasteiger partial charge in [-0.2, -0.15) is 4.98 Å². The highest BCUT2D eigenvalue weighted by Gasteiger charge is 2.23. The third-order valence-corrected chi connectivity index (χ3v) is 3.82. The van der Waals surface area contributed by atoms with Gasteiger partial charge in [-0.1, -0.05) is 30.8 Å².